The van der Waals surface area contributed by atoms with E-state index in [9.17, 15) is 5.21 Å². The summed E-state index contributed by atoms with van der Waals surface area (Å²) in [4.78, 5) is 0. The van der Waals surface area contributed by atoms with Crippen LogP contribution in [0, 0.1) is 0 Å². The monoisotopic (exact) mass is 340 g/mol. The molecule has 2 aliphatic heterocycles. The first kappa shape index (κ1) is 17.4. The SMILES string of the molecule is O.ON1C[C@@H](c2ccccc2)[C@@H]2CCCN21.[Cl][Ti][Cl]. The van der Waals surface area contributed by atoms with Gasteiger partial charge in [-0.1, -0.05) is 30.3 Å². The summed E-state index contributed by atoms with van der Waals surface area (Å²) >= 11 is -0.556. The van der Waals surface area contributed by atoms with Crippen molar-refractivity contribution in [1.29, 1.82) is 0 Å². The zero-order valence-corrected chi connectivity index (χ0v) is 13.5. The number of hydrazine groups is 1. The number of benzene rings is 1. The minimum atomic E-state index is -0.556. The Balaban J connectivity index is 0.000000416. The molecule has 1 aromatic rings. The first-order chi connectivity index (χ1) is 8.77. The molecule has 3 N–H and O–H groups in total. The van der Waals surface area contributed by atoms with Crippen LogP contribution in [0.3, 0.4) is 0 Å². The number of hydroxylamine groups is 1. The number of halogens is 2. The van der Waals surface area contributed by atoms with E-state index in [1.54, 1.807) is 0 Å². The minimum absolute atomic E-state index is 0. The molecular formula is C12H18Cl2N2O2Ti. The van der Waals surface area contributed by atoms with Crippen molar-refractivity contribution in [3.8, 4) is 0 Å². The second-order valence-electron chi connectivity index (χ2n) is 4.52. The third kappa shape index (κ3) is 4.16. The second kappa shape index (κ2) is 8.60. The first-order valence-corrected chi connectivity index (χ1v) is 10.3. The molecule has 2 atom stereocenters. The van der Waals surface area contributed by atoms with Crippen LogP contribution in [-0.4, -0.2) is 40.0 Å². The van der Waals surface area contributed by atoms with Crippen molar-refractivity contribution < 1.29 is 27.7 Å². The van der Waals surface area contributed by atoms with Crippen molar-refractivity contribution in [3.05, 3.63) is 35.9 Å². The Kier molecular flexibility index (Phi) is 7.88. The summed E-state index contributed by atoms with van der Waals surface area (Å²) in [7, 11) is 9.78. The van der Waals surface area contributed by atoms with Gasteiger partial charge in [-0.05, 0) is 18.4 Å². The fourth-order valence-electron chi connectivity index (χ4n) is 2.90. The van der Waals surface area contributed by atoms with Crippen LogP contribution < -0.4 is 0 Å². The van der Waals surface area contributed by atoms with Crippen molar-refractivity contribution in [3.63, 3.8) is 0 Å². The van der Waals surface area contributed by atoms with Gasteiger partial charge in [-0.2, -0.15) is 0 Å². The van der Waals surface area contributed by atoms with E-state index < -0.39 is 17.0 Å². The predicted molar refractivity (Wildman–Crippen MR) is 72.7 cm³/mol. The van der Waals surface area contributed by atoms with Crippen LogP contribution in [0.1, 0.15) is 24.3 Å². The number of rotatable bonds is 1. The molecule has 2 saturated heterocycles. The molecule has 0 spiro atoms. The Morgan fingerprint density at radius 1 is 1.21 bits per heavy atom. The Hall–Kier alpha value is 0.354. The van der Waals surface area contributed by atoms with E-state index in [0.29, 0.717) is 12.0 Å². The van der Waals surface area contributed by atoms with E-state index >= 15 is 0 Å². The van der Waals surface area contributed by atoms with E-state index in [1.165, 1.54) is 23.6 Å². The molecule has 0 unspecified atom stereocenters. The number of nitrogens with zero attached hydrogens (tertiary/aromatic N) is 2. The predicted octanol–water partition coefficient (Wildman–Crippen LogP) is 2.41. The molecule has 0 radical (unpaired) electrons. The molecule has 2 fully saturated rings. The van der Waals surface area contributed by atoms with E-state index in [4.69, 9.17) is 18.6 Å². The van der Waals surface area contributed by atoms with Gasteiger partial charge < -0.3 is 5.48 Å². The summed E-state index contributed by atoms with van der Waals surface area (Å²) < 4.78 is 0. The summed E-state index contributed by atoms with van der Waals surface area (Å²) in [6.07, 6.45) is 2.40. The average molecular weight is 341 g/mol. The van der Waals surface area contributed by atoms with Crippen LogP contribution in [0.4, 0.5) is 0 Å². The fourth-order valence-corrected chi connectivity index (χ4v) is 2.90. The fraction of sp³-hybridized carbons (Fsp3) is 0.500. The quantitative estimate of drug-likeness (QED) is 0.798. The summed E-state index contributed by atoms with van der Waals surface area (Å²) in [5.41, 5.74) is 1.35. The maximum absolute atomic E-state index is 9.79. The van der Waals surface area contributed by atoms with Crippen LogP contribution in [-0.2, 0) is 17.0 Å². The topological polar surface area (TPSA) is 58.2 Å². The summed E-state index contributed by atoms with van der Waals surface area (Å²) in [6, 6.07) is 11.0. The Bertz CT molecular complexity index is 372. The molecule has 2 heterocycles. The molecule has 3 rings (SSSR count). The van der Waals surface area contributed by atoms with Crippen molar-refractivity contribution in [2.24, 2.45) is 0 Å². The molecule has 1 aromatic carbocycles. The van der Waals surface area contributed by atoms with Gasteiger partial charge in [0.1, 0.15) is 0 Å². The molecule has 0 bridgehead atoms. The molecule has 0 aliphatic carbocycles. The third-order valence-electron chi connectivity index (χ3n) is 3.62. The molecule has 0 aromatic heterocycles. The average Bonchev–Trinajstić information content (AvgIpc) is 2.96. The van der Waals surface area contributed by atoms with Crippen molar-refractivity contribution in [1.82, 2.24) is 10.2 Å². The van der Waals surface area contributed by atoms with Gasteiger partial charge in [0.25, 0.3) is 0 Å². The van der Waals surface area contributed by atoms with Gasteiger partial charge in [0.05, 0.1) is 0 Å². The molecule has 0 amide bonds. The Morgan fingerprint density at radius 2 is 1.84 bits per heavy atom. The molecule has 4 nitrogen and oxygen atoms in total. The standard InChI is InChI=1S/C12H16N2O.2ClH.H2O.Ti/c15-14-9-11(10-5-2-1-3-6-10)12-7-4-8-13(12)14;;;;/h1-3,5-6,11-12,15H,4,7-9H2;2*1H;1H2;/q;;;;+2/p-2/t11-,12-;;;;/m0..../s1. The summed E-state index contributed by atoms with van der Waals surface area (Å²) in [5, 5.41) is 13.3. The van der Waals surface area contributed by atoms with Gasteiger partial charge in [-0.25, -0.2) is 5.01 Å². The maximum atomic E-state index is 9.79. The Morgan fingerprint density at radius 3 is 2.47 bits per heavy atom. The molecule has 19 heavy (non-hydrogen) atoms. The molecular weight excluding hydrogens is 323 g/mol. The van der Waals surface area contributed by atoms with E-state index in [1.807, 2.05) is 6.07 Å². The zero-order valence-electron chi connectivity index (χ0n) is 10.5. The third-order valence-corrected chi connectivity index (χ3v) is 3.62. The van der Waals surface area contributed by atoms with Gasteiger partial charge in [0.15, 0.2) is 0 Å². The van der Waals surface area contributed by atoms with Gasteiger partial charge >= 0.3 is 35.6 Å². The van der Waals surface area contributed by atoms with Gasteiger partial charge in [0.2, 0.25) is 0 Å². The van der Waals surface area contributed by atoms with Crippen LogP contribution in [0.5, 0.6) is 0 Å². The van der Waals surface area contributed by atoms with Crippen LogP contribution in [0.2, 0.25) is 0 Å². The number of hydrogen-bond acceptors (Lipinski definition) is 3. The zero-order chi connectivity index (χ0) is 13.0. The molecule has 106 valence electrons. The number of fused-ring (bicyclic) bond motifs is 1. The summed E-state index contributed by atoms with van der Waals surface area (Å²) in [5.74, 6) is 0.471. The second-order valence-corrected chi connectivity index (χ2v) is 7.10. The normalized spacial score (nSPS) is 26.1. The number of hydrogen-bond donors (Lipinski definition) is 1. The van der Waals surface area contributed by atoms with Gasteiger partial charge in [0, 0.05) is 25.0 Å². The van der Waals surface area contributed by atoms with Crippen LogP contribution >= 0.6 is 18.6 Å². The van der Waals surface area contributed by atoms with E-state index in [0.717, 1.165) is 13.1 Å². The van der Waals surface area contributed by atoms with Crippen molar-refractivity contribution in [2.45, 2.75) is 24.8 Å². The molecule has 0 saturated carbocycles. The van der Waals surface area contributed by atoms with Crippen molar-refractivity contribution in [2.75, 3.05) is 13.1 Å². The van der Waals surface area contributed by atoms with Gasteiger partial charge in [-0.15, -0.1) is 5.17 Å². The van der Waals surface area contributed by atoms with E-state index in [2.05, 4.69) is 29.3 Å². The summed E-state index contributed by atoms with van der Waals surface area (Å²) in [6.45, 7) is 1.75. The van der Waals surface area contributed by atoms with Gasteiger partial charge in [-0.3, -0.25) is 5.21 Å². The van der Waals surface area contributed by atoms with Crippen LogP contribution in [0.15, 0.2) is 30.3 Å². The first-order valence-electron chi connectivity index (χ1n) is 6.02. The Labute approximate surface area is 130 Å². The van der Waals surface area contributed by atoms with E-state index in [-0.39, 0.29) is 5.48 Å². The molecule has 2 aliphatic rings. The molecule has 7 heteroatoms. The van der Waals surface area contributed by atoms with Crippen molar-refractivity contribution >= 4 is 18.6 Å². The van der Waals surface area contributed by atoms with Crippen LogP contribution in [0.25, 0.3) is 0 Å².